The van der Waals surface area contributed by atoms with E-state index in [0.29, 0.717) is 16.0 Å². The van der Waals surface area contributed by atoms with Crippen LogP contribution >= 0.6 is 23.2 Å². The molecule has 2 aliphatic rings. The fraction of sp³-hybridized carbons (Fsp3) is 0.625. The highest BCUT2D eigenvalue weighted by Gasteiger charge is 2.48. The first-order valence-corrected chi connectivity index (χ1v) is 8.11. The highest BCUT2D eigenvalue weighted by atomic mass is 35.5. The van der Waals surface area contributed by atoms with E-state index in [1.807, 2.05) is 12.1 Å². The first-order chi connectivity index (χ1) is 9.53. The molecule has 0 amide bonds. The average Bonchev–Trinajstić information content (AvgIpc) is 3.00. The normalized spacial score (nSPS) is 30.0. The molecule has 1 heterocycles. The highest BCUT2D eigenvalue weighted by molar-refractivity contribution is 6.42. The van der Waals surface area contributed by atoms with Crippen LogP contribution in [0.2, 0.25) is 10.0 Å². The van der Waals surface area contributed by atoms with Gasteiger partial charge in [0.25, 0.3) is 0 Å². The predicted molar refractivity (Wildman–Crippen MR) is 83.6 cm³/mol. The highest BCUT2D eigenvalue weighted by Crippen LogP contribution is 2.50. The van der Waals surface area contributed by atoms with E-state index in [9.17, 15) is 5.11 Å². The number of hydrogen-bond acceptors (Lipinski definition) is 2. The fourth-order valence-electron chi connectivity index (χ4n) is 4.21. The minimum atomic E-state index is -0.243. The molecule has 2 nitrogen and oxygen atoms in total. The third kappa shape index (κ3) is 2.37. The smallest absolute Gasteiger partial charge is 0.0715 e. The second-order valence-electron chi connectivity index (χ2n) is 6.39. The molecule has 1 aliphatic heterocycles. The number of β-amino-alcohol motifs (C(OH)–C–C–N with tert-alkyl or cyclic N) is 1. The summed E-state index contributed by atoms with van der Waals surface area (Å²) < 4.78 is 0. The number of likely N-dealkylation sites (tertiary alicyclic amines) is 1. The summed E-state index contributed by atoms with van der Waals surface area (Å²) in [5.74, 6) is 0.298. The maximum absolute atomic E-state index is 10.5. The molecule has 2 fully saturated rings. The second-order valence-corrected chi connectivity index (χ2v) is 7.20. The Morgan fingerprint density at radius 2 is 1.85 bits per heavy atom. The lowest BCUT2D eigenvalue weighted by molar-refractivity contribution is 0.0955. The lowest BCUT2D eigenvalue weighted by atomic mass is 9.67. The van der Waals surface area contributed by atoms with Crippen molar-refractivity contribution in [3.05, 3.63) is 33.8 Å². The summed E-state index contributed by atoms with van der Waals surface area (Å²) in [6.45, 7) is 1.73. The molecule has 2 atom stereocenters. The van der Waals surface area contributed by atoms with Gasteiger partial charge in [-0.2, -0.15) is 0 Å². The van der Waals surface area contributed by atoms with Gasteiger partial charge in [-0.3, -0.25) is 0 Å². The average molecular weight is 314 g/mol. The Kier molecular flexibility index (Phi) is 4.02. The molecule has 0 aromatic heterocycles. The van der Waals surface area contributed by atoms with E-state index in [1.165, 1.54) is 18.4 Å². The van der Waals surface area contributed by atoms with Gasteiger partial charge in [0.2, 0.25) is 0 Å². The Bertz CT molecular complexity index is 499. The molecule has 3 rings (SSSR count). The first-order valence-electron chi connectivity index (χ1n) is 7.35. The van der Waals surface area contributed by atoms with Crippen molar-refractivity contribution in [1.82, 2.24) is 4.90 Å². The van der Waals surface area contributed by atoms with Gasteiger partial charge in [0.05, 0.1) is 16.1 Å². The van der Waals surface area contributed by atoms with Crippen LogP contribution in [0.4, 0.5) is 0 Å². The summed E-state index contributed by atoms with van der Waals surface area (Å²) in [5, 5.41) is 11.7. The summed E-state index contributed by atoms with van der Waals surface area (Å²) in [6.07, 6.45) is 4.49. The summed E-state index contributed by atoms with van der Waals surface area (Å²) in [6, 6.07) is 6.01. The molecular formula is C16H21Cl2NO. The van der Waals surface area contributed by atoms with E-state index in [-0.39, 0.29) is 11.5 Å². The van der Waals surface area contributed by atoms with E-state index >= 15 is 0 Å². The van der Waals surface area contributed by atoms with Crippen molar-refractivity contribution in [3.8, 4) is 0 Å². The Hall–Kier alpha value is -0.280. The van der Waals surface area contributed by atoms with Gasteiger partial charge < -0.3 is 10.0 Å². The van der Waals surface area contributed by atoms with Gasteiger partial charge in [0, 0.05) is 24.4 Å². The Balaban J connectivity index is 2.01. The number of aliphatic hydroxyl groups excluding tert-OH is 1. The molecule has 1 aliphatic carbocycles. The summed E-state index contributed by atoms with van der Waals surface area (Å²) >= 11 is 12.3. The molecule has 1 unspecified atom stereocenters. The first kappa shape index (κ1) is 14.6. The maximum Gasteiger partial charge on any atom is 0.0715 e. The monoisotopic (exact) mass is 313 g/mol. The largest absolute Gasteiger partial charge is 0.391 e. The molecular weight excluding hydrogens is 293 g/mol. The zero-order valence-electron chi connectivity index (χ0n) is 11.8. The van der Waals surface area contributed by atoms with Crippen LogP contribution in [0, 0.1) is 5.92 Å². The van der Waals surface area contributed by atoms with Crippen LogP contribution in [-0.4, -0.2) is 36.2 Å². The Morgan fingerprint density at radius 3 is 2.40 bits per heavy atom. The maximum atomic E-state index is 10.5. The van der Waals surface area contributed by atoms with E-state index in [0.717, 1.165) is 25.9 Å². The SMILES string of the molecule is CN1CC(C2(c3ccc(Cl)c(Cl)c3)CCCC2)[C@H](O)C1. The molecule has 1 aromatic rings. The van der Waals surface area contributed by atoms with Crippen molar-refractivity contribution >= 4 is 23.2 Å². The van der Waals surface area contributed by atoms with E-state index in [1.54, 1.807) is 0 Å². The number of likely N-dealkylation sites (N-methyl/N-ethyl adjacent to an activating group) is 1. The van der Waals surface area contributed by atoms with E-state index in [4.69, 9.17) is 23.2 Å². The summed E-state index contributed by atoms with van der Waals surface area (Å²) in [7, 11) is 2.08. The van der Waals surface area contributed by atoms with Crippen LogP contribution < -0.4 is 0 Å². The quantitative estimate of drug-likeness (QED) is 0.899. The van der Waals surface area contributed by atoms with Crippen molar-refractivity contribution in [2.24, 2.45) is 5.92 Å². The van der Waals surface area contributed by atoms with Gasteiger partial charge in [0.1, 0.15) is 0 Å². The molecule has 1 aromatic carbocycles. The van der Waals surface area contributed by atoms with E-state index in [2.05, 4.69) is 18.0 Å². The van der Waals surface area contributed by atoms with Crippen LogP contribution in [-0.2, 0) is 5.41 Å². The van der Waals surface area contributed by atoms with Gasteiger partial charge >= 0.3 is 0 Å². The zero-order valence-corrected chi connectivity index (χ0v) is 13.3. The Morgan fingerprint density at radius 1 is 1.15 bits per heavy atom. The lowest BCUT2D eigenvalue weighted by Gasteiger charge is -2.38. The van der Waals surface area contributed by atoms with Gasteiger partial charge in [-0.15, -0.1) is 0 Å². The van der Waals surface area contributed by atoms with Gasteiger partial charge in [0.15, 0.2) is 0 Å². The van der Waals surface area contributed by atoms with Gasteiger partial charge in [-0.1, -0.05) is 42.1 Å². The topological polar surface area (TPSA) is 23.5 Å². The minimum Gasteiger partial charge on any atom is -0.391 e. The van der Waals surface area contributed by atoms with Crippen LogP contribution in [0.25, 0.3) is 0 Å². The minimum absolute atomic E-state index is 0.0679. The standard InChI is InChI=1S/C16H21Cl2NO/c1-19-9-12(15(20)10-19)16(6-2-3-7-16)11-4-5-13(17)14(18)8-11/h4-5,8,12,15,20H,2-3,6-7,9-10H2,1H3/t12?,15-/m1/s1. The Labute approximate surface area is 130 Å². The zero-order chi connectivity index (χ0) is 14.3. The molecule has 0 bridgehead atoms. The lowest BCUT2D eigenvalue weighted by Crippen LogP contribution is -2.39. The van der Waals surface area contributed by atoms with Crippen molar-refractivity contribution < 1.29 is 5.11 Å². The van der Waals surface area contributed by atoms with Crippen LogP contribution in [0.5, 0.6) is 0 Å². The number of aliphatic hydroxyl groups is 1. The summed E-state index contributed by atoms with van der Waals surface area (Å²) in [5.41, 5.74) is 1.32. The third-order valence-electron chi connectivity index (χ3n) is 5.17. The molecule has 1 N–H and O–H groups in total. The molecule has 110 valence electrons. The number of halogens is 2. The third-order valence-corrected chi connectivity index (χ3v) is 5.91. The molecule has 4 heteroatoms. The van der Waals surface area contributed by atoms with Crippen molar-refractivity contribution in [1.29, 1.82) is 0 Å². The van der Waals surface area contributed by atoms with Gasteiger partial charge in [-0.25, -0.2) is 0 Å². The van der Waals surface area contributed by atoms with Crippen LogP contribution in [0.3, 0.4) is 0 Å². The number of hydrogen-bond donors (Lipinski definition) is 1. The predicted octanol–water partition coefficient (Wildman–Crippen LogP) is 3.73. The number of benzene rings is 1. The number of rotatable bonds is 2. The van der Waals surface area contributed by atoms with Crippen molar-refractivity contribution in [2.45, 2.75) is 37.2 Å². The molecule has 0 spiro atoms. The van der Waals surface area contributed by atoms with Gasteiger partial charge in [-0.05, 0) is 37.6 Å². The molecule has 1 saturated carbocycles. The fourth-order valence-corrected chi connectivity index (χ4v) is 4.50. The van der Waals surface area contributed by atoms with Crippen molar-refractivity contribution in [2.75, 3.05) is 20.1 Å². The number of nitrogens with zero attached hydrogens (tertiary/aromatic N) is 1. The van der Waals surface area contributed by atoms with Crippen LogP contribution in [0.15, 0.2) is 18.2 Å². The van der Waals surface area contributed by atoms with Crippen LogP contribution in [0.1, 0.15) is 31.2 Å². The summed E-state index contributed by atoms with van der Waals surface area (Å²) in [4.78, 5) is 2.23. The second kappa shape index (κ2) is 5.49. The molecule has 0 radical (unpaired) electrons. The van der Waals surface area contributed by atoms with Crippen molar-refractivity contribution in [3.63, 3.8) is 0 Å². The molecule has 1 saturated heterocycles. The van der Waals surface area contributed by atoms with E-state index < -0.39 is 0 Å². The molecule has 20 heavy (non-hydrogen) atoms.